The van der Waals surface area contributed by atoms with Crippen LogP contribution in [0.15, 0.2) is 12.3 Å². The average molecular weight is 325 g/mol. The predicted octanol–water partition coefficient (Wildman–Crippen LogP) is 2.73. The van der Waals surface area contributed by atoms with E-state index in [9.17, 15) is 18.3 Å². The minimum atomic E-state index is -4.48. The summed E-state index contributed by atoms with van der Waals surface area (Å²) in [6.07, 6.45) is -4.15. The number of aromatic nitrogens is 1. The lowest BCUT2D eigenvalue weighted by Gasteiger charge is -2.43. The van der Waals surface area contributed by atoms with Crippen LogP contribution in [0.5, 0.6) is 0 Å². The normalized spacial score (nSPS) is 22.4. The van der Waals surface area contributed by atoms with E-state index < -0.39 is 23.4 Å². The third-order valence-corrected chi connectivity index (χ3v) is 3.41. The molecule has 1 aliphatic rings. The van der Waals surface area contributed by atoms with Crippen LogP contribution in [-0.4, -0.2) is 41.5 Å². The highest BCUT2D eigenvalue weighted by Crippen LogP contribution is 2.35. The van der Waals surface area contributed by atoms with Crippen molar-refractivity contribution in [1.29, 1.82) is 0 Å². The van der Waals surface area contributed by atoms with Crippen LogP contribution in [0.1, 0.15) is 19.4 Å². The van der Waals surface area contributed by atoms with E-state index in [2.05, 4.69) is 4.98 Å². The second-order valence-electron chi connectivity index (χ2n) is 5.59. The monoisotopic (exact) mass is 324 g/mol. The van der Waals surface area contributed by atoms with Crippen LogP contribution in [0.2, 0.25) is 5.02 Å². The molecule has 2 heterocycles. The summed E-state index contributed by atoms with van der Waals surface area (Å²) in [7, 11) is 0. The van der Waals surface area contributed by atoms with E-state index in [1.54, 1.807) is 4.90 Å². The molecule has 1 fully saturated rings. The molecule has 1 atom stereocenters. The van der Waals surface area contributed by atoms with Gasteiger partial charge in [0.15, 0.2) is 0 Å². The Morgan fingerprint density at radius 2 is 2.19 bits per heavy atom. The van der Waals surface area contributed by atoms with E-state index in [0.29, 0.717) is 13.1 Å². The highest BCUT2D eigenvalue weighted by Gasteiger charge is 2.36. The molecule has 0 spiro atoms. The van der Waals surface area contributed by atoms with Gasteiger partial charge in [-0.2, -0.15) is 13.2 Å². The molecule has 21 heavy (non-hydrogen) atoms. The Balaban J connectivity index is 2.29. The number of hydrogen-bond donors (Lipinski definition) is 1. The molecule has 1 saturated heterocycles. The van der Waals surface area contributed by atoms with Gasteiger partial charge in [0.1, 0.15) is 5.82 Å². The molecule has 118 valence electrons. The minimum absolute atomic E-state index is 0.0702. The molecule has 1 aromatic rings. The zero-order valence-electron chi connectivity index (χ0n) is 11.6. The summed E-state index contributed by atoms with van der Waals surface area (Å²) >= 11 is 5.95. The van der Waals surface area contributed by atoms with Crippen LogP contribution in [0, 0.1) is 0 Å². The Morgan fingerprint density at radius 3 is 2.71 bits per heavy atom. The van der Waals surface area contributed by atoms with Gasteiger partial charge in [-0.25, -0.2) is 4.98 Å². The molecule has 1 unspecified atom stereocenters. The van der Waals surface area contributed by atoms with Gasteiger partial charge >= 0.3 is 6.18 Å². The van der Waals surface area contributed by atoms with Crippen LogP contribution in [-0.2, 0) is 10.9 Å². The molecule has 0 amide bonds. The maximum Gasteiger partial charge on any atom is 0.417 e. The lowest BCUT2D eigenvalue weighted by Crippen LogP contribution is -2.54. The summed E-state index contributed by atoms with van der Waals surface area (Å²) in [5, 5.41) is 9.18. The van der Waals surface area contributed by atoms with Gasteiger partial charge < -0.3 is 14.7 Å². The number of pyridine rings is 1. The van der Waals surface area contributed by atoms with E-state index in [1.165, 1.54) is 0 Å². The van der Waals surface area contributed by atoms with Crippen LogP contribution in [0.25, 0.3) is 0 Å². The van der Waals surface area contributed by atoms with Crippen LogP contribution < -0.4 is 4.90 Å². The first-order chi connectivity index (χ1) is 9.62. The molecule has 1 aliphatic heterocycles. The van der Waals surface area contributed by atoms with Crippen molar-refractivity contribution in [3.05, 3.63) is 22.8 Å². The quantitative estimate of drug-likeness (QED) is 0.908. The maximum atomic E-state index is 12.6. The molecule has 1 N–H and O–H groups in total. The van der Waals surface area contributed by atoms with Crippen LogP contribution >= 0.6 is 11.6 Å². The van der Waals surface area contributed by atoms with Crippen molar-refractivity contribution in [1.82, 2.24) is 4.98 Å². The SMILES string of the molecule is CC1(C)CN(c2ncc(C(F)(F)F)cc2Cl)CC(CO)O1. The third kappa shape index (κ3) is 3.78. The summed E-state index contributed by atoms with van der Waals surface area (Å²) in [5.74, 6) is 0.263. The van der Waals surface area contributed by atoms with E-state index in [0.717, 1.165) is 12.3 Å². The fourth-order valence-corrected chi connectivity index (χ4v) is 2.66. The number of ether oxygens (including phenoxy) is 1. The second kappa shape index (κ2) is 5.62. The average Bonchev–Trinajstić information content (AvgIpc) is 2.35. The lowest BCUT2D eigenvalue weighted by molar-refractivity contribution is -0.137. The summed E-state index contributed by atoms with van der Waals surface area (Å²) in [4.78, 5) is 5.57. The van der Waals surface area contributed by atoms with E-state index in [1.807, 2.05) is 13.8 Å². The smallest absolute Gasteiger partial charge is 0.394 e. The van der Waals surface area contributed by atoms with Gasteiger partial charge in [0, 0.05) is 19.3 Å². The molecule has 0 aliphatic carbocycles. The van der Waals surface area contributed by atoms with Crippen LogP contribution in [0.3, 0.4) is 0 Å². The maximum absolute atomic E-state index is 12.6. The fourth-order valence-electron chi connectivity index (χ4n) is 2.37. The highest BCUT2D eigenvalue weighted by atomic mass is 35.5. The van der Waals surface area contributed by atoms with E-state index in [-0.39, 0.29) is 17.4 Å². The first kappa shape index (κ1) is 16.3. The molecule has 0 aromatic carbocycles. The molecule has 0 saturated carbocycles. The van der Waals surface area contributed by atoms with Gasteiger partial charge in [-0.3, -0.25) is 0 Å². The number of halogens is 4. The minimum Gasteiger partial charge on any atom is -0.394 e. The summed E-state index contributed by atoms with van der Waals surface area (Å²) in [6, 6.07) is 0.861. The molecular weight excluding hydrogens is 309 g/mol. The molecule has 1 aromatic heterocycles. The van der Waals surface area contributed by atoms with Gasteiger partial charge in [0.2, 0.25) is 0 Å². The summed E-state index contributed by atoms with van der Waals surface area (Å²) in [5.41, 5.74) is -1.44. The number of rotatable bonds is 2. The van der Waals surface area contributed by atoms with Crippen molar-refractivity contribution in [3.63, 3.8) is 0 Å². The van der Waals surface area contributed by atoms with Gasteiger partial charge in [-0.15, -0.1) is 0 Å². The lowest BCUT2D eigenvalue weighted by atomic mass is 10.1. The fraction of sp³-hybridized carbons (Fsp3) is 0.615. The van der Waals surface area contributed by atoms with E-state index >= 15 is 0 Å². The van der Waals surface area contributed by atoms with Gasteiger partial charge in [0.05, 0.1) is 28.9 Å². The number of nitrogens with zero attached hydrogens (tertiary/aromatic N) is 2. The van der Waals surface area contributed by atoms with Crippen molar-refractivity contribution < 1.29 is 23.0 Å². The number of aliphatic hydroxyl groups is 1. The first-order valence-corrected chi connectivity index (χ1v) is 6.76. The highest BCUT2D eigenvalue weighted by molar-refractivity contribution is 6.33. The summed E-state index contributed by atoms with van der Waals surface area (Å²) < 4.78 is 43.5. The predicted molar refractivity (Wildman–Crippen MR) is 72.5 cm³/mol. The molecular formula is C13H16ClF3N2O2. The van der Waals surface area contributed by atoms with E-state index in [4.69, 9.17) is 16.3 Å². The Labute approximate surface area is 125 Å². The molecule has 0 bridgehead atoms. The van der Waals surface area contributed by atoms with Gasteiger partial charge in [0.25, 0.3) is 0 Å². The largest absolute Gasteiger partial charge is 0.417 e. The number of morpholine rings is 1. The zero-order valence-corrected chi connectivity index (χ0v) is 12.4. The number of aliphatic hydroxyl groups excluding tert-OH is 1. The topological polar surface area (TPSA) is 45.6 Å². The second-order valence-corrected chi connectivity index (χ2v) is 6.00. The van der Waals surface area contributed by atoms with Crippen molar-refractivity contribution in [2.75, 3.05) is 24.6 Å². The first-order valence-electron chi connectivity index (χ1n) is 6.39. The van der Waals surface area contributed by atoms with Crippen LogP contribution in [0.4, 0.5) is 19.0 Å². The Bertz CT molecular complexity index is 523. The Hall–Kier alpha value is -1.05. The number of anilines is 1. The number of hydrogen-bond acceptors (Lipinski definition) is 4. The number of alkyl halides is 3. The Morgan fingerprint density at radius 1 is 1.52 bits per heavy atom. The molecule has 0 radical (unpaired) electrons. The van der Waals surface area contributed by atoms with Gasteiger partial charge in [-0.1, -0.05) is 11.6 Å². The summed E-state index contributed by atoms with van der Waals surface area (Å²) in [6.45, 7) is 4.22. The Kier molecular flexibility index (Phi) is 4.37. The standard InChI is InChI=1S/C13H16ClF3N2O2/c1-12(2)7-19(5-9(6-20)21-12)11-10(14)3-8(4-18-11)13(15,16)17/h3-4,9,20H,5-7H2,1-2H3. The van der Waals surface area contributed by atoms with Crippen molar-refractivity contribution in [2.24, 2.45) is 0 Å². The van der Waals surface area contributed by atoms with Crippen molar-refractivity contribution in [3.8, 4) is 0 Å². The van der Waals surface area contributed by atoms with Crippen molar-refractivity contribution in [2.45, 2.75) is 31.7 Å². The zero-order chi connectivity index (χ0) is 15.8. The van der Waals surface area contributed by atoms with Gasteiger partial charge in [-0.05, 0) is 19.9 Å². The van der Waals surface area contributed by atoms with Crippen molar-refractivity contribution >= 4 is 17.4 Å². The molecule has 4 nitrogen and oxygen atoms in total. The third-order valence-electron chi connectivity index (χ3n) is 3.13. The molecule has 8 heteroatoms. The molecule has 2 rings (SSSR count).